The predicted octanol–water partition coefficient (Wildman–Crippen LogP) is 3.46. The molecule has 2 atom stereocenters. The van der Waals surface area contributed by atoms with Crippen LogP contribution in [-0.4, -0.2) is 39.4 Å². The molecule has 8 nitrogen and oxygen atoms in total. The van der Waals surface area contributed by atoms with Crippen molar-refractivity contribution in [2.75, 3.05) is 21.3 Å². The number of methoxy groups -OCH3 is 3. The maximum absolute atomic E-state index is 13.1. The fourth-order valence-electron chi connectivity index (χ4n) is 4.12. The number of carbonyl (C=O) groups is 2. The van der Waals surface area contributed by atoms with Crippen LogP contribution in [-0.2, 0) is 9.53 Å². The second-order valence-corrected chi connectivity index (χ2v) is 7.59. The maximum Gasteiger partial charge on any atom is 0.319 e. The summed E-state index contributed by atoms with van der Waals surface area (Å²) < 4.78 is 22.1. The molecule has 2 unspecified atom stereocenters. The molecule has 1 heterocycles. The molecule has 8 heteroatoms. The van der Waals surface area contributed by atoms with Gasteiger partial charge in [-0.25, -0.2) is 4.79 Å². The van der Waals surface area contributed by atoms with Crippen LogP contribution in [0.5, 0.6) is 17.2 Å². The molecule has 1 saturated carbocycles. The number of benzene rings is 1. The SMILES string of the molecule is C=C1NC(=O)NC(c2cc(OC)c(OC)c(OC)c2)C1C(=O)OC1CCCCCC1. The molecule has 0 aromatic heterocycles. The van der Waals surface area contributed by atoms with Gasteiger partial charge in [-0.3, -0.25) is 4.79 Å². The van der Waals surface area contributed by atoms with Gasteiger partial charge in [0.05, 0.1) is 27.4 Å². The Hall–Kier alpha value is -2.90. The molecule has 1 aliphatic carbocycles. The van der Waals surface area contributed by atoms with E-state index in [1.165, 1.54) is 21.3 Å². The highest BCUT2D eigenvalue weighted by Crippen LogP contribution is 2.42. The first-order valence-corrected chi connectivity index (χ1v) is 10.2. The number of hydrogen-bond acceptors (Lipinski definition) is 6. The van der Waals surface area contributed by atoms with E-state index in [4.69, 9.17) is 18.9 Å². The van der Waals surface area contributed by atoms with E-state index in [1.54, 1.807) is 12.1 Å². The fraction of sp³-hybridized carbons (Fsp3) is 0.545. The lowest BCUT2D eigenvalue weighted by Crippen LogP contribution is -2.51. The van der Waals surface area contributed by atoms with Gasteiger partial charge < -0.3 is 29.6 Å². The van der Waals surface area contributed by atoms with Gasteiger partial charge in [-0.1, -0.05) is 19.4 Å². The van der Waals surface area contributed by atoms with Crippen LogP contribution in [0.2, 0.25) is 0 Å². The number of amides is 2. The van der Waals surface area contributed by atoms with Gasteiger partial charge in [-0.15, -0.1) is 0 Å². The summed E-state index contributed by atoms with van der Waals surface area (Å²) in [5, 5.41) is 5.43. The largest absolute Gasteiger partial charge is 0.493 e. The summed E-state index contributed by atoms with van der Waals surface area (Å²) in [7, 11) is 4.54. The molecule has 0 radical (unpaired) electrons. The molecule has 30 heavy (non-hydrogen) atoms. The number of esters is 1. The monoisotopic (exact) mass is 418 g/mol. The van der Waals surface area contributed by atoms with Crippen molar-refractivity contribution in [2.45, 2.75) is 50.7 Å². The molecule has 0 spiro atoms. The topological polar surface area (TPSA) is 95.1 Å². The highest BCUT2D eigenvalue weighted by molar-refractivity contribution is 5.85. The summed E-state index contributed by atoms with van der Waals surface area (Å²) >= 11 is 0. The van der Waals surface area contributed by atoms with Gasteiger partial charge in [-0.05, 0) is 43.4 Å². The third-order valence-electron chi connectivity index (χ3n) is 5.65. The van der Waals surface area contributed by atoms with Crippen LogP contribution in [0, 0.1) is 5.92 Å². The van der Waals surface area contributed by atoms with Gasteiger partial charge in [0.2, 0.25) is 5.75 Å². The molecule has 2 fully saturated rings. The predicted molar refractivity (Wildman–Crippen MR) is 111 cm³/mol. The zero-order chi connectivity index (χ0) is 21.7. The van der Waals surface area contributed by atoms with Crippen molar-refractivity contribution in [3.63, 3.8) is 0 Å². The van der Waals surface area contributed by atoms with Crippen LogP contribution in [0.4, 0.5) is 4.79 Å². The standard InChI is InChI=1S/C22H30N2O6/c1-13-18(21(25)30-15-9-7-5-6-8-10-15)19(24-22(26)23-13)14-11-16(27-2)20(29-4)17(12-14)28-3/h11-12,15,18-19H,1,5-10H2,2-4H3,(H2,23,24,26). The van der Waals surface area contributed by atoms with E-state index in [-0.39, 0.29) is 6.10 Å². The van der Waals surface area contributed by atoms with E-state index in [1.807, 2.05) is 0 Å². The lowest BCUT2D eigenvalue weighted by molar-refractivity contribution is -0.154. The molecule has 1 aliphatic heterocycles. The van der Waals surface area contributed by atoms with Crippen molar-refractivity contribution in [2.24, 2.45) is 5.92 Å². The molecule has 2 amide bonds. The van der Waals surface area contributed by atoms with Crippen molar-refractivity contribution in [1.29, 1.82) is 0 Å². The number of rotatable bonds is 6. The number of urea groups is 1. The Morgan fingerprint density at radius 3 is 2.13 bits per heavy atom. The van der Waals surface area contributed by atoms with Crippen molar-refractivity contribution in [3.8, 4) is 17.2 Å². The van der Waals surface area contributed by atoms with Gasteiger partial charge in [0, 0.05) is 5.70 Å². The van der Waals surface area contributed by atoms with Crippen LogP contribution < -0.4 is 24.8 Å². The third kappa shape index (κ3) is 4.63. The first-order valence-electron chi connectivity index (χ1n) is 10.2. The second-order valence-electron chi connectivity index (χ2n) is 7.59. The average Bonchev–Trinajstić information content (AvgIpc) is 3.00. The lowest BCUT2D eigenvalue weighted by atomic mass is 9.88. The Morgan fingerprint density at radius 2 is 1.60 bits per heavy atom. The first-order chi connectivity index (χ1) is 14.5. The summed E-state index contributed by atoms with van der Waals surface area (Å²) in [4.78, 5) is 25.3. The quantitative estimate of drug-likeness (QED) is 0.543. The minimum Gasteiger partial charge on any atom is -0.493 e. The maximum atomic E-state index is 13.1. The Kier molecular flexibility index (Phi) is 7.07. The van der Waals surface area contributed by atoms with Gasteiger partial charge >= 0.3 is 12.0 Å². The van der Waals surface area contributed by atoms with E-state index in [9.17, 15) is 9.59 Å². The average molecular weight is 418 g/mol. The first kappa shape index (κ1) is 21.8. The smallest absolute Gasteiger partial charge is 0.319 e. The summed E-state index contributed by atoms with van der Waals surface area (Å²) in [6, 6.07) is 2.32. The molecule has 164 valence electrons. The molecular formula is C22H30N2O6. The van der Waals surface area contributed by atoms with Crippen molar-refractivity contribution in [1.82, 2.24) is 10.6 Å². The fourth-order valence-corrected chi connectivity index (χ4v) is 4.12. The zero-order valence-corrected chi connectivity index (χ0v) is 17.8. The minimum absolute atomic E-state index is 0.106. The van der Waals surface area contributed by atoms with E-state index >= 15 is 0 Å². The molecule has 1 aromatic carbocycles. The Balaban J connectivity index is 1.92. The summed E-state index contributed by atoms with van der Waals surface area (Å²) in [5.41, 5.74) is 0.930. The summed E-state index contributed by atoms with van der Waals surface area (Å²) in [6.07, 6.45) is 6.04. The highest BCUT2D eigenvalue weighted by atomic mass is 16.5. The van der Waals surface area contributed by atoms with E-state index in [0.717, 1.165) is 38.5 Å². The van der Waals surface area contributed by atoms with Crippen LogP contribution in [0.25, 0.3) is 0 Å². The van der Waals surface area contributed by atoms with E-state index in [2.05, 4.69) is 17.2 Å². The number of ether oxygens (including phenoxy) is 4. The van der Waals surface area contributed by atoms with Gasteiger partial charge in [0.25, 0.3) is 0 Å². The summed E-state index contributed by atoms with van der Waals surface area (Å²) in [5.74, 6) is 0.106. The normalized spacial score (nSPS) is 22.4. The van der Waals surface area contributed by atoms with Crippen molar-refractivity contribution >= 4 is 12.0 Å². The van der Waals surface area contributed by atoms with Gasteiger partial charge in [0.1, 0.15) is 12.0 Å². The number of carbonyl (C=O) groups excluding carboxylic acids is 2. The number of nitrogens with one attached hydrogen (secondary N) is 2. The van der Waals surface area contributed by atoms with Crippen molar-refractivity contribution in [3.05, 3.63) is 30.0 Å². The Bertz CT molecular complexity index is 776. The second kappa shape index (κ2) is 9.73. The molecular weight excluding hydrogens is 388 g/mol. The molecule has 0 bridgehead atoms. The van der Waals surface area contributed by atoms with Crippen LogP contribution in [0.15, 0.2) is 24.4 Å². The lowest BCUT2D eigenvalue weighted by Gasteiger charge is -2.34. The third-order valence-corrected chi connectivity index (χ3v) is 5.65. The number of hydrogen-bond donors (Lipinski definition) is 2. The minimum atomic E-state index is -0.784. The zero-order valence-electron chi connectivity index (χ0n) is 17.8. The molecule has 1 aromatic rings. The van der Waals surface area contributed by atoms with Crippen LogP contribution in [0.1, 0.15) is 50.1 Å². The Morgan fingerprint density at radius 1 is 1.00 bits per heavy atom. The molecule has 3 rings (SSSR count). The Labute approximate surface area is 176 Å². The highest BCUT2D eigenvalue weighted by Gasteiger charge is 2.40. The van der Waals surface area contributed by atoms with Crippen LogP contribution >= 0.6 is 0 Å². The molecule has 1 saturated heterocycles. The molecule has 2 aliphatic rings. The van der Waals surface area contributed by atoms with Gasteiger partial charge in [-0.2, -0.15) is 0 Å². The summed E-state index contributed by atoms with van der Waals surface area (Å²) in [6.45, 7) is 3.91. The van der Waals surface area contributed by atoms with Gasteiger partial charge in [0.15, 0.2) is 11.5 Å². The van der Waals surface area contributed by atoms with Crippen LogP contribution in [0.3, 0.4) is 0 Å². The van der Waals surface area contributed by atoms with E-state index < -0.39 is 24.0 Å². The van der Waals surface area contributed by atoms with Crippen molar-refractivity contribution < 1.29 is 28.5 Å². The molecule has 2 N–H and O–H groups in total. The van der Waals surface area contributed by atoms with E-state index in [0.29, 0.717) is 28.5 Å².